The molecule has 0 heterocycles. The van der Waals surface area contributed by atoms with Crippen molar-refractivity contribution >= 4 is 17.1 Å². The molecule has 0 bridgehead atoms. The van der Waals surface area contributed by atoms with Crippen molar-refractivity contribution in [3.63, 3.8) is 0 Å². The summed E-state index contributed by atoms with van der Waals surface area (Å²) in [5.74, 6) is -0.795. The zero-order valence-electron chi connectivity index (χ0n) is 9.30. The Labute approximate surface area is 98.1 Å². The third-order valence-corrected chi connectivity index (χ3v) is 2.44. The van der Waals surface area contributed by atoms with Gasteiger partial charge in [0.05, 0.1) is 5.69 Å². The number of halogens is 2. The predicted octanol–water partition coefficient (Wildman–Crippen LogP) is 3.60. The number of nitrogens with one attached hydrogen (secondary N) is 1. The minimum absolute atomic E-state index is 0.266. The number of nitrogen functional groups attached to an aromatic ring is 1. The molecule has 0 saturated heterocycles. The first-order valence-electron chi connectivity index (χ1n) is 5.14. The van der Waals surface area contributed by atoms with E-state index < -0.39 is 5.82 Å². The van der Waals surface area contributed by atoms with Crippen LogP contribution in [-0.2, 0) is 0 Å². The molecule has 0 aliphatic heterocycles. The van der Waals surface area contributed by atoms with Crippen molar-refractivity contribution in [1.29, 1.82) is 0 Å². The molecule has 0 radical (unpaired) electrons. The van der Waals surface area contributed by atoms with Crippen LogP contribution in [0.4, 0.5) is 25.8 Å². The molecule has 3 N–H and O–H groups in total. The quantitative estimate of drug-likeness (QED) is 0.779. The second kappa shape index (κ2) is 4.41. The molecule has 0 fully saturated rings. The van der Waals surface area contributed by atoms with Gasteiger partial charge >= 0.3 is 0 Å². The van der Waals surface area contributed by atoms with Gasteiger partial charge in [-0.25, -0.2) is 8.78 Å². The zero-order chi connectivity index (χ0) is 12.4. The lowest BCUT2D eigenvalue weighted by Gasteiger charge is -2.08. The van der Waals surface area contributed by atoms with Crippen molar-refractivity contribution in [1.82, 2.24) is 0 Å². The maximum absolute atomic E-state index is 13.5. The Morgan fingerprint density at radius 2 is 1.76 bits per heavy atom. The topological polar surface area (TPSA) is 38.0 Å². The summed E-state index contributed by atoms with van der Waals surface area (Å²) < 4.78 is 26.8. The van der Waals surface area contributed by atoms with Crippen LogP contribution in [0.1, 0.15) is 5.56 Å². The summed E-state index contributed by atoms with van der Waals surface area (Å²) in [7, 11) is 0. The van der Waals surface area contributed by atoms with E-state index in [1.54, 1.807) is 25.1 Å². The molecule has 0 aromatic heterocycles. The Hall–Kier alpha value is -2.10. The van der Waals surface area contributed by atoms with Crippen molar-refractivity contribution in [3.05, 3.63) is 53.6 Å². The van der Waals surface area contributed by atoms with Gasteiger partial charge in [-0.2, -0.15) is 0 Å². The van der Waals surface area contributed by atoms with E-state index in [0.29, 0.717) is 16.9 Å². The van der Waals surface area contributed by atoms with Crippen molar-refractivity contribution in [3.8, 4) is 0 Å². The van der Waals surface area contributed by atoms with Crippen LogP contribution in [-0.4, -0.2) is 0 Å². The summed E-state index contributed by atoms with van der Waals surface area (Å²) in [6.07, 6.45) is 0. The molecule has 0 aliphatic carbocycles. The number of aryl methyl sites for hydroxylation is 1. The van der Waals surface area contributed by atoms with E-state index in [0.717, 1.165) is 0 Å². The molecule has 2 aromatic carbocycles. The molecule has 4 heteroatoms. The smallest absolute Gasteiger partial charge is 0.148 e. The molecular weight excluding hydrogens is 222 g/mol. The fourth-order valence-corrected chi connectivity index (χ4v) is 1.46. The van der Waals surface area contributed by atoms with Crippen LogP contribution in [0.2, 0.25) is 0 Å². The molecule has 2 aromatic rings. The molecule has 17 heavy (non-hydrogen) atoms. The van der Waals surface area contributed by atoms with Crippen LogP contribution in [0.5, 0.6) is 0 Å². The average Bonchev–Trinajstić information content (AvgIpc) is 2.27. The highest BCUT2D eigenvalue weighted by Gasteiger charge is 2.04. The first kappa shape index (κ1) is 11.4. The Balaban J connectivity index is 2.28. The predicted molar refractivity (Wildman–Crippen MR) is 65.2 cm³/mol. The lowest BCUT2D eigenvalue weighted by Crippen LogP contribution is -1.96. The van der Waals surface area contributed by atoms with E-state index in [1.165, 1.54) is 18.2 Å². The van der Waals surface area contributed by atoms with Gasteiger partial charge < -0.3 is 11.1 Å². The van der Waals surface area contributed by atoms with Crippen molar-refractivity contribution in [2.24, 2.45) is 0 Å². The molecule has 0 amide bonds. The van der Waals surface area contributed by atoms with Gasteiger partial charge in [0.2, 0.25) is 0 Å². The number of rotatable bonds is 2. The van der Waals surface area contributed by atoms with Crippen LogP contribution in [0.3, 0.4) is 0 Å². The Morgan fingerprint density at radius 1 is 1.00 bits per heavy atom. The van der Waals surface area contributed by atoms with Gasteiger partial charge in [-0.05, 0) is 42.8 Å². The lowest BCUT2D eigenvalue weighted by molar-refractivity contribution is 0.618. The van der Waals surface area contributed by atoms with Crippen LogP contribution < -0.4 is 11.1 Å². The number of anilines is 3. The maximum Gasteiger partial charge on any atom is 0.148 e. The minimum Gasteiger partial charge on any atom is -0.399 e. The second-order valence-electron chi connectivity index (χ2n) is 3.83. The van der Waals surface area contributed by atoms with Crippen LogP contribution in [0.15, 0.2) is 36.4 Å². The summed E-state index contributed by atoms with van der Waals surface area (Å²) in [6.45, 7) is 1.67. The van der Waals surface area contributed by atoms with Gasteiger partial charge in [-0.1, -0.05) is 6.07 Å². The molecule has 0 atom stereocenters. The summed E-state index contributed by atoms with van der Waals surface area (Å²) in [5, 5.41) is 2.80. The van der Waals surface area contributed by atoms with Crippen LogP contribution in [0.25, 0.3) is 0 Å². The van der Waals surface area contributed by atoms with Gasteiger partial charge in [-0.3, -0.25) is 0 Å². The fraction of sp³-hybridized carbons (Fsp3) is 0.0769. The summed E-state index contributed by atoms with van der Waals surface area (Å²) >= 11 is 0. The van der Waals surface area contributed by atoms with Gasteiger partial charge in [0.15, 0.2) is 0 Å². The van der Waals surface area contributed by atoms with E-state index in [2.05, 4.69) is 5.32 Å². The van der Waals surface area contributed by atoms with E-state index in [9.17, 15) is 8.78 Å². The number of benzene rings is 2. The average molecular weight is 234 g/mol. The zero-order valence-corrected chi connectivity index (χ0v) is 9.30. The van der Waals surface area contributed by atoms with Crippen LogP contribution >= 0.6 is 0 Å². The Kier molecular flexibility index (Phi) is 2.95. The molecule has 2 nitrogen and oxygen atoms in total. The van der Waals surface area contributed by atoms with Crippen molar-refractivity contribution < 1.29 is 8.78 Å². The largest absolute Gasteiger partial charge is 0.399 e. The maximum atomic E-state index is 13.5. The monoisotopic (exact) mass is 234 g/mol. The molecule has 88 valence electrons. The molecule has 2 rings (SSSR count). The van der Waals surface area contributed by atoms with Gasteiger partial charge in [0.25, 0.3) is 0 Å². The Morgan fingerprint density at radius 3 is 2.41 bits per heavy atom. The second-order valence-corrected chi connectivity index (χ2v) is 3.83. The van der Waals surface area contributed by atoms with Crippen molar-refractivity contribution in [2.45, 2.75) is 6.92 Å². The summed E-state index contributed by atoms with van der Waals surface area (Å²) in [6, 6.07) is 8.96. The van der Waals surface area contributed by atoms with Gasteiger partial charge in [0, 0.05) is 11.4 Å². The highest BCUT2D eigenvalue weighted by atomic mass is 19.1. The van der Waals surface area contributed by atoms with E-state index in [4.69, 9.17) is 5.73 Å². The third kappa shape index (κ3) is 2.53. The molecule has 0 unspecified atom stereocenters. The molecule has 0 spiro atoms. The lowest BCUT2D eigenvalue weighted by atomic mass is 10.2. The minimum atomic E-state index is -0.467. The van der Waals surface area contributed by atoms with Gasteiger partial charge in [0.1, 0.15) is 11.6 Å². The molecule has 0 saturated carbocycles. The molecule has 0 aliphatic rings. The third-order valence-electron chi connectivity index (χ3n) is 2.44. The van der Waals surface area contributed by atoms with Gasteiger partial charge in [-0.15, -0.1) is 0 Å². The molecular formula is C13H12F2N2. The number of hydrogen-bond acceptors (Lipinski definition) is 2. The first-order chi connectivity index (χ1) is 8.06. The highest BCUT2D eigenvalue weighted by Crippen LogP contribution is 2.23. The number of hydrogen-bond donors (Lipinski definition) is 2. The standard InChI is InChI=1S/C13H12F2N2/c1-8-2-4-10(7-11(8)14)17-13-5-3-9(16)6-12(13)15/h2-7,17H,16H2,1H3. The highest BCUT2D eigenvalue weighted by molar-refractivity contribution is 5.62. The fourth-order valence-electron chi connectivity index (χ4n) is 1.46. The van der Waals surface area contributed by atoms with E-state index in [-0.39, 0.29) is 11.5 Å². The Bertz CT molecular complexity index is 553. The van der Waals surface area contributed by atoms with E-state index >= 15 is 0 Å². The van der Waals surface area contributed by atoms with E-state index in [1.807, 2.05) is 0 Å². The SMILES string of the molecule is Cc1ccc(Nc2ccc(N)cc2F)cc1F. The van der Waals surface area contributed by atoms with Crippen LogP contribution in [0, 0.1) is 18.6 Å². The normalized spacial score (nSPS) is 10.3. The first-order valence-corrected chi connectivity index (χ1v) is 5.14. The number of nitrogens with two attached hydrogens (primary N) is 1. The summed E-state index contributed by atoms with van der Waals surface area (Å²) in [4.78, 5) is 0. The van der Waals surface area contributed by atoms with Crippen molar-refractivity contribution in [2.75, 3.05) is 11.1 Å². The summed E-state index contributed by atoms with van der Waals surface area (Å²) in [5.41, 5.74) is 7.10.